The van der Waals surface area contributed by atoms with Gasteiger partial charge >= 0.3 is 5.97 Å². The number of nitrogens with zero attached hydrogens (tertiary/aromatic N) is 1. The zero-order valence-electron chi connectivity index (χ0n) is 28.1. The van der Waals surface area contributed by atoms with Crippen LogP contribution in [0.25, 0.3) is 0 Å². The van der Waals surface area contributed by atoms with E-state index in [1.807, 2.05) is 20.1 Å². The summed E-state index contributed by atoms with van der Waals surface area (Å²) < 4.78 is 35.8. The Labute approximate surface area is 268 Å². The molecule has 2 heterocycles. The molecule has 7 atom stereocenters. The normalized spacial score (nSPS) is 35.9. The first-order valence-corrected chi connectivity index (χ1v) is 17.1. The molecule has 250 valence electrons. The molecule has 1 N–H and O–H groups in total. The predicted molar refractivity (Wildman–Crippen MR) is 168 cm³/mol. The Kier molecular flexibility index (Phi) is 7.90. The van der Waals surface area contributed by atoms with Gasteiger partial charge in [0.25, 0.3) is 0 Å². The molecule has 45 heavy (non-hydrogen) atoms. The summed E-state index contributed by atoms with van der Waals surface area (Å²) in [5, 5.41) is 12.4. The smallest absolute Gasteiger partial charge is 0.337 e. The monoisotopic (exact) mass is 627 g/mol. The van der Waals surface area contributed by atoms with E-state index in [2.05, 4.69) is 31.7 Å². The lowest BCUT2D eigenvalue weighted by Crippen LogP contribution is -2.83. The van der Waals surface area contributed by atoms with Crippen LogP contribution in [0.4, 0.5) is 0 Å². The molecule has 1 aromatic rings. The van der Waals surface area contributed by atoms with Gasteiger partial charge in [-0.25, -0.2) is 4.79 Å². The SMILES string of the molecule is COCCOCCOCC(=O)Oc1ccc2c3c1O[C@H]1C4(OC)CC[C@@]5(C[C@@H]4[C@](C)(O)C(C)(C)C)[C@@H](C2)N(CC2CC2)CC[C@]315. The van der Waals surface area contributed by atoms with Crippen molar-refractivity contribution in [3.63, 3.8) is 0 Å². The summed E-state index contributed by atoms with van der Waals surface area (Å²) in [6.07, 6.45) is 7.14. The molecule has 0 aromatic heterocycles. The fraction of sp³-hybridized carbons (Fsp3) is 0.806. The van der Waals surface area contributed by atoms with Crippen molar-refractivity contribution in [2.75, 3.05) is 60.3 Å². The Morgan fingerprint density at radius 1 is 1.04 bits per heavy atom. The molecule has 9 heteroatoms. The highest BCUT2D eigenvalue weighted by Gasteiger charge is 2.82. The Morgan fingerprint density at radius 3 is 2.51 bits per heavy atom. The van der Waals surface area contributed by atoms with Gasteiger partial charge in [0.05, 0.1) is 32.0 Å². The molecule has 9 nitrogen and oxygen atoms in total. The van der Waals surface area contributed by atoms with Crippen molar-refractivity contribution in [2.24, 2.45) is 22.7 Å². The summed E-state index contributed by atoms with van der Waals surface area (Å²) >= 11 is 0. The lowest BCUT2D eigenvalue weighted by Gasteiger charge is -2.75. The second-order valence-electron chi connectivity index (χ2n) is 15.9. The maximum atomic E-state index is 13.0. The summed E-state index contributed by atoms with van der Waals surface area (Å²) in [7, 11) is 3.44. The van der Waals surface area contributed by atoms with Crippen molar-refractivity contribution in [3.05, 3.63) is 23.3 Å². The van der Waals surface area contributed by atoms with Crippen molar-refractivity contribution in [1.82, 2.24) is 4.90 Å². The number of fused-ring (bicyclic) bond motifs is 2. The molecule has 1 unspecified atom stereocenters. The zero-order valence-corrected chi connectivity index (χ0v) is 28.1. The second-order valence-corrected chi connectivity index (χ2v) is 15.9. The number of carbonyl (C=O) groups is 1. The van der Waals surface area contributed by atoms with Crippen LogP contribution >= 0.6 is 0 Å². The topological polar surface area (TPSA) is 95.9 Å². The third kappa shape index (κ3) is 4.58. The van der Waals surface area contributed by atoms with E-state index < -0.39 is 17.2 Å². The average molecular weight is 628 g/mol. The standard InChI is InChI=1S/C36H53NO8/c1-32(2,3)33(4,39)26-20-34-11-12-36(26,41-6)31-35(34)13-14-37(21-23-7-8-23)27(34)19-24-9-10-25(30(45-31)29(24)35)44-28(38)22-43-18-17-42-16-15-40-5/h9-10,23,26-27,31,39H,7-8,11-22H2,1-6H3/t26-,27-,31-,33+,34-,35+,36?/m1/s1. The van der Waals surface area contributed by atoms with Crippen LogP contribution in [0, 0.1) is 22.7 Å². The molecule has 5 aliphatic carbocycles. The number of hydrogen-bond donors (Lipinski definition) is 1. The van der Waals surface area contributed by atoms with Gasteiger partial charge < -0.3 is 33.5 Å². The van der Waals surface area contributed by atoms with Crippen LogP contribution in [0.5, 0.6) is 11.5 Å². The van der Waals surface area contributed by atoms with E-state index in [1.54, 1.807) is 7.11 Å². The molecule has 2 spiro atoms. The lowest BCUT2D eigenvalue weighted by atomic mass is 9.33. The Hall–Kier alpha value is -1.75. The van der Waals surface area contributed by atoms with Gasteiger partial charge in [-0.2, -0.15) is 0 Å². The van der Waals surface area contributed by atoms with E-state index in [-0.39, 0.29) is 34.9 Å². The van der Waals surface area contributed by atoms with Crippen LogP contribution in [0.2, 0.25) is 0 Å². The summed E-state index contributed by atoms with van der Waals surface area (Å²) in [6.45, 7) is 12.2. The summed E-state index contributed by atoms with van der Waals surface area (Å²) in [5.74, 6) is 1.40. The molecule has 0 amide bonds. The van der Waals surface area contributed by atoms with Gasteiger partial charge in [0.1, 0.15) is 18.3 Å². The van der Waals surface area contributed by atoms with Crippen molar-refractivity contribution in [2.45, 2.75) is 101 Å². The molecule has 2 aliphatic heterocycles. The summed E-state index contributed by atoms with van der Waals surface area (Å²) in [6, 6.07) is 4.47. The maximum absolute atomic E-state index is 13.0. The molecule has 5 fully saturated rings. The quantitative estimate of drug-likeness (QED) is 0.195. The third-order valence-corrected chi connectivity index (χ3v) is 13.1. The molecule has 1 saturated heterocycles. The second kappa shape index (κ2) is 11.2. The highest BCUT2D eigenvalue weighted by molar-refractivity contribution is 5.76. The number of benzene rings is 1. The molecule has 1 aromatic carbocycles. The lowest BCUT2D eigenvalue weighted by molar-refractivity contribution is -0.312. The van der Waals surface area contributed by atoms with E-state index >= 15 is 0 Å². The number of ether oxygens (including phenoxy) is 6. The van der Waals surface area contributed by atoms with Crippen LogP contribution in [0.3, 0.4) is 0 Å². The molecule has 4 bridgehead atoms. The minimum absolute atomic E-state index is 0.0577. The van der Waals surface area contributed by atoms with Crippen molar-refractivity contribution in [1.29, 1.82) is 0 Å². The van der Waals surface area contributed by atoms with Gasteiger partial charge in [0.2, 0.25) is 0 Å². The van der Waals surface area contributed by atoms with E-state index in [0.717, 1.165) is 44.6 Å². The fourth-order valence-corrected chi connectivity index (χ4v) is 10.3. The largest absolute Gasteiger partial charge is 0.482 e. The van der Waals surface area contributed by atoms with Crippen molar-refractivity contribution < 1.29 is 38.3 Å². The van der Waals surface area contributed by atoms with Crippen LogP contribution in [-0.2, 0) is 35.6 Å². The van der Waals surface area contributed by atoms with Gasteiger partial charge in [-0.3, -0.25) is 4.90 Å². The summed E-state index contributed by atoms with van der Waals surface area (Å²) in [4.78, 5) is 15.8. The molecule has 7 aliphatic rings. The summed E-state index contributed by atoms with van der Waals surface area (Å²) in [5.41, 5.74) is 0.242. The number of piperidine rings is 1. The first-order valence-electron chi connectivity index (χ1n) is 17.1. The Bertz CT molecular complexity index is 1300. The number of carbonyl (C=O) groups excluding carboxylic acids is 1. The number of hydrogen-bond acceptors (Lipinski definition) is 9. The minimum atomic E-state index is -0.980. The molecule has 8 rings (SSSR count). The Balaban J connectivity index is 1.24. The van der Waals surface area contributed by atoms with Gasteiger partial charge in [-0.15, -0.1) is 0 Å². The Morgan fingerprint density at radius 2 is 1.80 bits per heavy atom. The number of methoxy groups -OCH3 is 2. The highest BCUT2D eigenvalue weighted by Crippen LogP contribution is 2.78. The van der Waals surface area contributed by atoms with E-state index in [4.69, 9.17) is 28.4 Å². The van der Waals surface area contributed by atoms with Gasteiger partial charge in [0.15, 0.2) is 11.5 Å². The number of aliphatic hydroxyl groups is 1. The minimum Gasteiger partial charge on any atom is -0.482 e. The van der Waals surface area contributed by atoms with Crippen molar-refractivity contribution >= 4 is 5.97 Å². The first kappa shape index (κ1) is 31.8. The maximum Gasteiger partial charge on any atom is 0.337 e. The molecule has 4 saturated carbocycles. The third-order valence-electron chi connectivity index (χ3n) is 13.1. The van der Waals surface area contributed by atoms with Crippen LogP contribution in [0.15, 0.2) is 12.1 Å². The van der Waals surface area contributed by atoms with Gasteiger partial charge in [-0.1, -0.05) is 26.8 Å². The fourth-order valence-electron chi connectivity index (χ4n) is 10.3. The van der Waals surface area contributed by atoms with Crippen LogP contribution in [-0.4, -0.2) is 99.7 Å². The molecular weight excluding hydrogens is 574 g/mol. The van der Waals surface area contributed by atoms with E-state index in [1.165, 1.54) is 30.5 Å². The van der Waals surface area contributed by atoms with Crippen molar-refractivity contribution in [3.8, 4) is 11.5 Å². The zero-order chi connectivity index (χ0) is 31.8. The predicted octanol–water partition coefficient (Wildman–Crippen LogP) is 4.29. The number of esters is 1. The van der Waals surface area contributed by atoms with Gasteiger partial charge in [0, 0.05) is 49.1 Å². The average Bonchev–Trinajstić information content (AvgIpc) is 3.75. The molecule has 0 radical (unpaired) electrons. The first-order chi connectivity index (χ1) is 21.4. The van der Waals surface area contributed by atoms with Gasteiger partial charge in [-0.05, 0) is 81.4 Å². The highest BCUT2D eigenvalue weighted by atomic mass is 16.6. The van der Waals surface area contributed by atoms with Crippen LogP contribution < -0.4 is 9.47 Å². The van der Waals surface area contributed by atoms with Crippen LogP contribution in [0.1, 0.15) is 77.3 Å². The van der Waals surface area contributed by atoms with E-state index in [0.29, 0.717) is 44.0 Å². The number of rotatable bonds is 13. The number of likely N-dealkylation sites (tertiary alicyclic amines) is 1. The van der Waals surface area contributed by atoms with E-state index in [9.17, 15) is 9.90 Å². The molecular formula is C36H53NO8.